The van der Waals surface area contributed by atoms with E-state index in [9.17, 15) is 9.59 Å². The summed E-state index contributed by atoms with van der Waals surface area (Å²) in [4.78, 5) is 25.1. The molecule has 0 radical (unpaired) electrons. The number of hydrogen-bond donors (Lipinski definition) is 2. The van der Waals surface area contributed by atoms with Crippen LogP contribution in [0.2, 0.25) is 0 Å². The molecule has 0 heterocycles. The van der Waals surface area contributed by atoms with Gasteiger partial charge in [0.05, 0.1) is 5.92 Å². The molecule has 2 amide bonds. The van der Waals surface area contributed by atoms with Crippen LogP contribution in [0, 0.1) is 11.8 Å². The zero-order valence-electron chi connectivity index (χ0n) is 13.2. The fraction of sp³-hybridized carbons (Fsp3) is 0.500. The number of anilines is 1. The van der Waals surface area contributed by atoms with Crippen molar-refractivity contribution in [1.29, 1.82) is 0 Å². The lowest BCUT2D eigenvalue weighted by Gasteiger charge is -2.19. The highest BCUT2D eigenvalue weighted by atomic mass is 16.2. The van der Waals surface area contributed by atoms with E-state index < -0.39 is 0 Å². The molecule has 0 aliphatic rings. The molecule has 1 unspecified atom stereocenters. The Morgan fingerprint density at radius 1 is 1.33 bits per heavy atom. The lowest BCUT2D eigenvalue weighted by Crippen LogP contribution is -2.33. The van der Waals surface area contributed by atoms with Crippen LogP contribution in [0.5, 0.6) is 0 Å². The van der Waals surface area contributed by atoms with Crippen LogP contribution in [-0.2, 0) is 16.1 Å². The van der Waals surface area contributed by atoms with E-state index in [4.69, 9.17) is 5.73 Å². The van der Waals surface area contributed by atoms with Crippen LogP contribution < -0.4 is 11.1 Å². The van der Waals surface area contributed by atoms with Gasteiger partial charge in [0.25, 0.3) is 0 Å². The minimum absolute atomic E-state index is 0.00689. The van der Waals surface area contributed by atoms with Crippen molar-refractivity contribution >= 4 is 17.5 Å². The van der Waals surface area contributed by atoms with Gasteiger partial charge >= 0.3 is 0 Å². The molecule has 21 heavy (non-hydrogen) atoms. The molecular formula is C16H25N3O2. The molecule has 5 nitrogen and oxygen atoms in total. The maximum atomic E-state index is 12.2. The van der Waals surface area contributed by atoms with Gasteiger partial charge in [0.15, 0.2) is 0 Å². The van der Waals surface area contributed by atoms with E-state index in [0.29, 0.717) is 13.1 Å². The quantitative estimate of drug-likeness (QED) is 0.839. The first-order valence-electron chi connectivity index (χ1n) is 7.16. The molecule has 0 saturated carbocycles. The van der Waals surface area contributed by atoms with Gasteiger partial charge in [-0.15, -0.1) is 0 Å². The van der Waals surface area contributed by atoms with E-state index in [-0.39, 0.29) is 23.7 Å². The summed E-state index contributed by atoms with van der Waals surface area (Å²) in [5, 5.41) is 2.89. The Labute approximate surface area is 126 Å². The molecule has 116 valence electrons. The van der Waals surface area contributed by atoms with Gasteiger partial charge in [-0.2, -0.15) is 0 Å². The van der Waals surface area contributed by atoms with E-state index in [1.165, 1.54) is 6.92 Å². The number of carbonyl (C=O) groups is 2. The van der Waals surface area contributed by atoms with E-state index in [1.54, 1.807) is 11.9 Å². The summed E-state index contributed by atoms with van der Waals surface area (Å²) in [5.74, 6) is -0.0624. The van der Waals surface area contributed by atoms with Gasteiger partial charge in [-0.25, -0.2) is 0 Å². The summed E-state index contributed by atoms with van der Waals surface area (Å²) in [6, 6.07) is 7.51. The van der Waals surface area contributed by atoms with Crippen LogP contribution in [0.25, 0.3) is 0 Å². The first-order valence-corrected chi connectivity index (χ1v) is 7.16. The minimum Gasteiger partial charge on any atom is -0.342 e. The van der Waals surface area contributed by atoms with Crippen LogP contribution in [0.3, 0.4) is 0 Å². The standard InChI is InChI=1S/C16H25N3O2/c1-11(2)15(9-17)16(21)18-14-7-5-6-13(8-14)10-19(4)12(3)20/h5-8,11,15H,9-10,17H2,1-4H3,(H,18,21). The summed E-state index contributed by atoms with van der Waals surface area (Å²) in [6.45, 7) is 6.34. The van der Waals surface area contributed by atoms with Crippen molar-refractivity contribution in [3.8, 4) is 0 Å². The summed E-state index contributed by atoms with van der Waals surface area (Å²) in [7, 11) is 1.75. The van der Waals surface area contributed by atoms with Crippen LogP contribution in [-0.4, -0.2) is 30.3 Å². The Morgan fingerprint density at radius 2 is 2.00 bits per heavy atom. The van der Waals surface area contributed by atoms with Crippen LogP contribution in [0.4, 0.5) is 5.69 Å². The second kappa shape index (κ2) is 7.78. The van der Waals surface area contributed by atoms with Crippen molar-refractivity contribution in [2.24, 2.45) is 17.6 Å². The molecule has 1 atom stereocenters. The molecule has 3 N–H and O–H groups in total. The van der Waals surface area contributed by atoms with Crippen LogP contribution >= 0.6 is 0 Å². The second-order valence-electron chi connectivity index (χ2n) is 5.65. The predicted octanol–water partition coefficient (Wildman–Crippen LogP) is 1.83. The largest absolute Gasteiger partial charge is 0.342 e. The summed E-state index contributed by atoms with van der Waals surface area (Å²) < 4.78 is 0. The first-order chi connectivity index (χ1) is 9.85. The van der Waals surface area contributed by atoms with Gasteiger partial charge in [0, 0.05) is 32.7 Å². The molecule has 0 aromatic heterocycles. The SMILES string of the molecule is CC(=O)N(C)Cc1cccc(NC(=O)C(CN)C(C)C)c1. The third kappa shape index (κ3) is 5.19. The van der Waals surface area contributed by atoms with Gasteiger partial charge < -0.3 is 16.0 Å². The highest BCUT2D eigenvalue weighted by molar-refractivity contribution is 5.92. The first kappa shape index (κ1) is 17.2. The molecule has 0 bridgehead atoms. The summed E-state index contributed by atoms with van der Waals surface area (Å²) >= 11 is 0. The van der Waals surface area contributed by atoms with Crippen molar-refractivity contribution < 1.29 is 9.59 Å². The lowest BCUT2D eigenvalue weighted by atomic mass is 9.95. The van der Waals surface area contributed by atoms with E-state index in [0.717, 1.165) is 11.3 Å². The number of nitrogens with zero attached hydrogens (tertiary/aromatic N) is 1. The summed E-state index contributed by atoms with van der Waals surface area (Å²) in [5.41, 5.74) is 7.35. The topological polar surface area (TPSA) is 75.4 Å². The zero-order valence-corrected chi connectivity index (χ0v) is 13.2. The van der Waals surface area contributed by atoms with Crippen molar-refractivity contribution in [1.82, 2.24) is 4.90 Å². The maximum Gasteiger partial charge on any atom is 0.229 e. The van der Waals surface area contributed by atoms with Crippen molar-refractivity contribution in [2.75, 3.05) is 18.9 Å². The van der Waals surface area contributed by atoms with Crippen LogP contribution in [0.15, 0.2) is 24.3 Å². The molecule has 1 aromatic carbocycles. The average molecular weight is 291 g/mol. The van der Waals surface area contributed by atoms with Crippen molar-refractivity contribution in [3.05, 3.63) is 29.8 Å². The molecule has 0 saturated heterocycles. The molecule has 0 aliphatic carbocycles. The Bertz CT molecular complexity index is 500. The highest BCUT2D eigenvalue weighted by Crippen LogP contribution is 2.16. The zero-order chi connectivity index (χ0) is 16.0. The number of amides is 2. The molecule has 0 fully saturated rings. The third-order valence-corrected chi connectivity index (χ3v) is 3.55. The monoisotopic (exact) mass is 291 g/mol. The Kier molecular flexibility index (Phi) is 6.37. The predicted molar refractivity (Wildman–Crippen MR) is 84.6 cm³/mol. The van der Waals surface area contributed by atoms with Gasteiger partial charge in [-0.1, -0.05) is 26.0 Å². The number of rotatable bonds is 6. The van der Waals surface area contributed by atoms with Crippen molar-refractivity contribution in [3.63, 3.8) is 0 Å². The average Bonchev–Trinajstić information content (AvgIpc) is 2.39. The molecule has 0 aliphatic heterocycles. The molecule has 0 spiro atoms. The molecule has 1 aromatic rings. The Morgan fingerprint density at radius 3 is 2.52 bits per heavy atom. The smallest absolute Gasteiger partial charge is 0.229 e. The second-order valence-corrected chi connectivity index (χ2v) is 5.65. The van der Waals surface area contributed by atoms with E-state index in [1.807, 2.05) is 38.1 Å². The van der Waals surface area contributed by atoms with E-state index >= 15 is 0 Å². The Hall–Kier alpha value is -1.88. The number of benzene rings is 1. The van der Waals surface area contributed by atoms with Gasteiger partial charge in [-0.05, 0) is 23.6 Å². The Balaban J connectivity index is 2.76. The number of hydrogen-bond acceptors (Lipinski definition) is 3. The molecule has 5 heteroatoms. The maximum absolute atomic E-state index is 12.2. The van der Waals surface area contributed by atoms with Gasteiger partial charge in [0.2, 0.25) is 11.8 Å². The minimum atomic E-state index is -0.200. The highest BCUT2D eigenvalue weighted by Gasteiger charge is 2.20. The van der Waals surface area contributed by atoms with Gasteiger partial charge in [-0.3, -0.25) is 9.59 Å². The number of nitrogens with one attached hydrogen (secondary N) is 1. The fourth-order valence-electron chi connectivity index (χ4n) is 2.05. The fourth-order valence-corrected chi connectivity index (χ4v) is 2.05. The molecular weight excluding hydrogens is 266 g/mol. The molecule has 1 rings (SSSR count). The number of carbonyl (C=O) groups excluding carboxylic acids is 2. The lowest BCUT2D eigenvalue weighted by molar-refractivity contribution is -0.128. The number of nitrogens with two attached hydrogens (primary N) is 1. The van der Waals surface area contributed by atoms with E-state index in [2.05, 4.69) is 5.32 Å². The summed E-state index contributed by atoms with van der Waals surface area (Å²) in [6.07, 6.45) is 0. The normalized spacial score (nSPS) is 12.1. The van der Waals surface area contributed by atoms with Gasteiger partial charge in [0.1, 0.15) is 0 Å². The third-order valence-electron chi connectivity index (χ3n) is 3.55. The van der Waals surface area contributed by atoms with Crippen molar-refractivity contribution in [2.45, 2.75) is 27.3 Å². The van der Waals surface area contributed by atoms with Crippen LogP contribution in [0.1, 0.15) is 26.3 Å².